The number of rotatable bonds is 4. The minimum Gasteiger partial charge on any atom is -0.505 e. The molecule has 1 aliphatic rings. The number of para-hydroxylation sites is 1. The molecule has 0 aliphatic carbocycles. The quantitative estimate of drug-likeness (QED) is 0.346. The van der Waals surface area contributed by atoms with Crippen molar-refractivity contribution in [2.45, 2.75) is 34.2 Å². The molecule has 2 aromatic rings. The van der Waals surface area contributed by atoms with Crippen molar-refractivity contribution in [2.24, 2.45) is 14.7 Å². The lowest BCUT2D eigenvalue weighted by Crippen LogP contribution is -2.33. The van der Waals surface area contributed by atoms with Crippen LogP contribution in [0.4, 0.5) is 5.69 Å². The smallest absolute Gasteiger partial charge is 0.269 e. The summed E-state index contributed by atoms with van der Waals surface area (Å²) in [4.78, 5) is 10.9. The molecule has 184 valence electrons. The normalized spacial score (nSPS) is 13.4. The summed E-state index contributed by atoms with van der Waals surface area (Å²) in [6.45, 7) is 8.84. The molecule has 8 nitrogen and oxygen atoms in total. The number of carbonyl (C=O) groups excluding carboxylic acids is 1. The number of hydrogen-bond acceptors (Lipinski definition) is 5. The van der Waals surface area contributed by atoms with Crippen LogP contribution in [0.2, 0.25) is 0 Å². The number of nitrogens with zero attached hydrogens (tertiary/aromatic N) is 3. The molecule has 0 spiro atoms. The van der Waals surface area contributed by atoms with Gasteiger partial charge >= 0.3 is 0 Å². The van der Waals surface area contributed by atoms with Gasteiger partial charge in [0.15, 0.2) is 11.7 Å². The van der Waals surface area contributed by atoms with Gasteiger partial charge in [-0.05, 0) is 30.0 Å². The molecule has 0 saturated carbocycles. The number of amides is 1. The van der Waals surface area contributed by atoms with Gasteiger partial charge in [-0.25, -0.2) is 4.21 Å². The second-order valence-electron chi connectivity index (χ2n) is 7.85. The number of benzene rings is 2. The van der Waals surface area contributed by atoms with Crippen molar-refractivity contribution in [3.63, 3.8) is 0 Å². The molecule has 3 N–H and O–H groups in total. The largest absolute Gasteiger partial charge is 0.505 e. The Morgan fingerprint density at radius 3 is 2.09 bits per heavy atom. The Morgan fingerprint density at radius 1 is 1.03 bits per heavy atom. The highest BCUT2D eigenvalue weighted by atomic mass is 32.2. The number of phenolic OH excluding ortho intramolecular Hbond substituents is 1. The Balaban J connectivity index is 0.000000839. The molecule has 1 unspecified atom stereocenters. The first-order chi connectivity index (χ1) is 16.1. The highest BCUT2D eigenvalue weighted by Crippen LogP contribution is 2.27. The van der Waals surface area contributed by atoms with Gasteiger partial charge in [0.2, 0.25) is 6.41 Å². The Kier molecular flexibility index (Phi) is 15.1. The van der Waals surface area contributed by atoms with Crippen molar-refractivity contribution in [1.29, 1.82) is 0 Å². The Morgan fingerprint density at radius 2 is 1.56 bits per heavy atom. The van der Waals surface area contributed by atoms with Crippen molar-refractivity contribution in [2.75, 3.05) is 19.4 Å². The Bertz CT molecular complexity index is 984. The molecule has 1 heterocycles. The fourth-order valence-electron chi connectivity index (χ4n) is 2.13. The van der Waals surface area contributed by atoms with Crippen molar-refractivity contribution >= 4 is 34.9 Å². The zero-order valence-corrected chi connectivity index (χ0v) is 21.5. The van der Waals surface area contributed by atoms with Gasteiger partial charge in [0, 0.05) is 20.6 Å². The molecule has 1 amide bonds. The Labute approximate surface area is 205 Å². The molecular weight excluding hydrogens is 450 g/mol. The molecule has 34 heavy (non-hydrogen) atoms. The minimum atomic E-state index is -1.66. The van der Waals surface area contributed by atoms with Crippen molar-refractivity contribution < 1.29 is 14.1 Å². The maximum atomic E-state index is 11.6. The molecule has 0 radical (unpaired) electrons. The van der Waals surface area contributed by atoms with Crippen LogP contribution in [0, 0.1) is 25.7 Å². The SMILES string of the molecule is C#C.CC(C)C.CN(C)C=O.Cc1cccc(NC2=NS(=O)N=C2NCc2ccccc2)c1O. The number of amidine groups is 2. The van der Waals surface area contributed by atoms with Crippen LogP contribution in [0.1, 0.15) is 31.9 Å². The molecule has 3 rings (SSSR count). The fourth-order valence-corrected chi connectivity index (χ4v) is 2.77. The van der Waals surface area contributed by atoms with E-state index >= 15 is 0 Å². The number of hydrogen-bond donors (Lipinski definition) is 3. The highest BCUT2D eigenvalue weighted by molar-refractivity contribution is 7.83. The predicted molar refractivity (Wildman–Crippen MR) is 143 cm³/mol. The molecule has 0 aromatic heterocycles. The third-order valence-electron chi connectivity index (χ3n) is 3.57. The van der Waals surface area contributed by atoms with Crippen LogP contribution in [-0.2, 0) is 22.5 Å². The van der Waals surface area contributed by atoms with Gasteiger partial charge in [-0.2, -0.15) is 0 Å². The first kappa shape index (κ1) is 30.4. The summed E-state index contributed by atoms with van der Waals surface area (Å²) in [5.74, 6) is 1.73. The van der Waals surface area contributed by atoms with Gasteiger partial charge < -0.3 is 20.6 Å². The lowest BCUT2D eigenvalue weighted by molar-refractivity contribution is -0.115. The van der Waals surface area contributed by atoms with E-state index in [-0.39, 0.29) is 5.75 Å². The van der Waals surface area contributed by atoms with Gasteiger partial charge in [-0.15, -0.1) is 21.6 Å². The molecule has 9 heteroatoms. The van der Waals surface area contributed by atoms with Crippen LogP contribution in [0.15, 0.2) is 57.3 Å². The van der Waals surface area contributed by atoms with Crippen molar-refractivity contribution in [3.8, 4) is 18.6 Å². The van der Waals surface area contributed by atoms with E-state index in [1.807, 2.05) is 36.4 Å². The van der Waals surface area contributed by atoms with Crippen LogP contribution in [-0.4, -0.2) is 46.4 Å². The van der Waals surface area contributed by atoms with Crippen LogP contribution in [0.25, 0.3) is 0 Å². The molecule has 2 aromatic carbocycles. The van der Waals surface area contributed by atoms with Gasteiger partial charge in [-0.3, -0.25) is 4.79 Å². The summed E-state index contributed by atoms with van der Waals surface area (Å²) in [5.41, 5.74) is 2.31. The van der Waals surface area contributed by atoms with E-state index in [1.54, 1.807) is 33.2 Å². The maximum absolute atomic E-state index is 11.6. The average Bonchev–Trinajstić information content (AvgIpc) is 3.16. The summed E-state index contributed by atoms with van der Waals surface area (Å²) in [6.07, 6.45) is 8.75. The number of carbonyl (C=O) groups is 1. The number of terminal acetylenes is 1. The topological polar surface area (TPSA) is 106 Å². The zero-order valence-electron chi connectivity index (χ0n) is 20.6. The second kappa shape index (κ2) is 16.9. The monoisotopic (exact) mass is 485 g/mol. The fraction of sp³-hybridized carbons (Fsp3) is 0.320. The van der Waals surface area contributed by atoms with E-state index in [1.165, 1.54) is 4.90 Å². The second-order valence-corrected chi connectivity index (χ2v) is 8.67. The summed E-state index contributed by atoms with van der Waals surface area (Å²) < 4.78 is 19.5. The summed E-state index contributed by atoms with van der Waals surface area (Å²) in [6, 6.07) is 15.1. The molecule has 1 atom stereocenters. The van der Waals surface area contributed by atoms with E-state index in [0.717, 1.165) is 23.5 Å². The number of anilines is 1. The zero-order chi connectivity index (χ0) is 26.1. The number of phenols is 1. The number of aromatic hydroxyl groups is 1. The average molecular weight is 486 g/mol. The van der Waals surface area contributed by atoms with Crippen molar-refractivity contribution in [3.05, 3.63) is 59.7 Å². The van der Waals surface area contributed by atoms with Gasteiger partial charge in [0.1, 0.15) is 5.75 Å². The summed E-state index contributed by atoms with van der Waals surface area (Å²) in [7, 11) is 3.38. The predicted octanol–water partition coefficient (Wildman–Crippen LogP) is 3.91. The van der Waals surface area contributed by atoms with E-state index in [2.05, 4.69) is 53.0 Å². The summed E-state index contributed by atoms with van der Waals surface area (Å²) in [5, 5.41) is 16.2. The van der Waals surface area contributed by atoms with Gasteiger partial charge in [-0.1, -0.05) is 63.2 Å². The standard InChI is InChI=1S/C16H16N4O2S.C4H10.C3H7NO.C2H2/c1-11-6-5-9-13(14(11)21)18-16-15(19-23(22)20-16)17-10-12-7-3-2-4-8-12;1-4(2)3;1-4(2)3-5;1-2/h2-9,21H,10H2,1H3,(H,17,19)(H,18,20);4H,1-3H3;3H,1-2H3;1-2H. The maximum Gasteiger partial charge on any atom is 0.269 e. The lowest BCUT2D eigenvalue weighted by atomic mass is 10.2. The summed E-state index contributed by atoms with van der Waals surface area (Å²) >= 11 is -1.66. The van der Waals surface area contributed by atoms with E-state index in [0.29, 0.717) is 23.9 Å². The molecule has 0 saturated heterocycles. The van der Waals surface area contributed by atoms with Crippen LogP contribution >= 0.6 is 0 Å². The first-order valence-electron chi connectivity index (χ1n) is 10.5. The lowest BCUT2D eigenvalue weighted by Gasteiger charge is -2.12. The Hall–Kier alpha value is -3.64. The van der Waals surface area contributed by atoms with Crippen LogP contribution in [0.5, 0.6) is 5.75 Å². The van der Waals surface area contributed by atoms with Crippen molar-refractivity contribution in [1.82, 2.24) is 10.2 Å². The molecule has 0 bridgehead atoms. The van der Waals surface area contributed by atoms with Crippen LogP contribution in [0.3, 0.4) is 0 Å². The van der Waals surface area contributed by atoms with E-state index < -0.39 is 11.2 Å². The number of nitrogens with one attached hydrogen (secondary N) is 2. The highest BCUT2D eigenvalue weighted by Gasteiger charge is 2.20. The van der Waals surface area contributed by atoms with Gasteiger partial charge in [0.25, 0.3) is 11.2 Å². The molecular formula is C25H35N5O3S. The molecule has 1 aliphatic heterocycles. The third kappa shape index (κ3) is 12.4. The number of aryl methyl sites for hydroxylation is 1. The molecule has 0 fully saturated rings. The van der Waals surface area contributed by atoms with Crippen LogP contribution < -0.4 is 10.6 Å². The van der Waals surface area contributed by atoms with E-state index in [9.17, 15) is 14.1 Å². The van der Waals surface area contributed by atoms with E-state index in [4.69, 9.17) is 0 Å². The third-order valence-corrected chi connectivity index (χ3v) is 4.25. The first-order valence-corrected chi connectivity index (χ1v) is 11.6. The minimum absolute atomic E-state index is 0.135. The van der Waals surface area contributed by atoms with Gasteiger partial charge in [0.05, 0.1) is 5.69 Å².